The van der Waals surface area contributed by atoms with E-state index in [4.69, 9.17) is 4.42 Å². The van der Waals surface area contributed by atoms with Crippen molar-refractivity contribution in [3.05, 3.63) is 169 Å². The molecule has 1 aliphatic carbocycles. The van der Waals surface area contributed by atoms with Crippen molar-refractivity contribution in [2.45, 2.75) is 12.8 Å². The van der Waals surface area contributed by atoms with Gasteiger partial charge in [0.05, 0.1) is 38.4 Å². The zero-order valence-corrected chi connectivity index (χ0v) is 28.3. The summed E-state index contributed by atoms with van der Waals surface area (Å²) in [5.41, 5.74) is 13.9. The average molecular weight is 666 g/mol. The van der Waals surface area contributed by atoms with Crippen LogP contribution in [0.5, 0.6) is 0 Å². The lowest BCUT2D eigenvalue weighted by atomic mass is 10.0. The first-order valence-electron chi connectivity index (χ1n) is 18.1. The van der Waals surface area contributed by atoms with Crippen LogP contribution in [0.2, 0.25) is 0 Å². The maximum Gasteiger partial charge on any atom is 0.145 e. The van der Waals surface area contributed by atoms with Crippen LogP contribution in [-0.4, -0.2) is 13.7 Å². The molecule has 0 unspecified atom stereocenters. The van der Waals surface area contributed by atoms with E-state index in [1.54, 1.807) is 0 Å². The van der Waals surface area contributed by atoms with E-state index in [1.165, 1.54) is 55.0 Å². The highest BCUT2D eigenvalue weighted by atomic mass is 16.3. The SMILES string of the molecule is C1=Cc2c(n(-c3ccccc3)c3ccc4c5ccc6c(c7ccccc7n6-c6ccc7c(c6)c6ccccc6n7-c6ccccc6)c5oc4c23)CC1. The second kappa shape index (κ2) is 10.4. The third-order valence-corrected chi connectivity index (χ3v) is 11.3. The molecule has 0 bridgehead atoms. The Morgan fingerprint density at radius 2 is 0.962 bits per heavy atom. The van der Waals surface area contributed by atoms with Crippen LogP contribution in [0.1, 0.15) is 17.7 Å². The number of fused-ring (bicyclic) bond motifs is 14. The first kappa shape index (κ1) is 28.0. The van der Waals surface area contributed by atoms with E-state index < -0.39 is 0 Å². The molecule has 52 heavy (non-hydrogen) atoms. The summed E-state index contributed by atoms with van der Waals surface area (Å²) in [6.45, 7) is 0. The fourth-order valence-corrected chi connectivity index (χ4v) is 9.15. The van der Waals surface area contributed by atoms with Crippen LogP contribution < -0.4 is 0 Å². The molecule has 0 atom stereocenters. The monoisotopic (exact) mass is 665 g/mol. The lowest BCUT2D eigenvalue weighted by Crippen LogP contribution is -2.02. The molecule has 1 aliphatic rings. The summed E-state index contributed by atoms with van der Waals surface area (Å²) in [5.74, 6) is 0. The van der Waals surface area contributed by atoms with E-state index in [2.05, 4.69) is 178 Å². The van der Waals surface area contributed by atoms with E-state index in [0.717, 1.165) is 62.6 Å². The van der Waals surface area contributed by atoms with Crippen molar-refractivity contribution in [3.63, 3.8) is 0 Å². The molecule has 12 rings (SSSR count). The lowest BCUT2D eigenvalue weighted by Gasteiger charge is -2.12. The normalized spacial score (nSPS) is 13.2. The van der Waals surface area contributed by atoms with Gasteiger partial charge in [0.2, 0.25) is 0 Å². The Hall–Kier alpha value is -6.78. The smallest absolute Gasteiger partial charge is 0.145 e. The number of rotatable bonds is 3. The van der Waals surface area contributed by atoms with Gasteiger partial charge in [0.25, 0.3) is 0 Å². The number of para-hydroxylation sites is 4. The van der Waals surface area contributed by atoms with E-state index >= 15 is 0 Å². The first-order chi connectivity index (χ1) is 25.8. The molecule has 0 fully saturated rings. The van der Waals surface area contributed by atoms with E-state index in [1.807, 2.05) is 0 Å². The summed E-state index contributed by atoms with van der Waals surface area (Å²) in [7, 11) is 0. The summed E-state index contributed by atoms with van der Waals surface area (Å²) in [4.78, 5) is 0. The second-order valence-electron chi connectivity index (χ2n) is 14.0. The van der Waals surface area contributed by atoms with Crippen LogP contribution in [0.3, 0.4) is 0 Å². The van der Waals surface area contributed by atoms with Crippen molar-refractivity contribution in [2.75, 3.05) is 0 Å². The van der Waals surface area contributed by atoms with Gasteiger partial charge in [-0.2, -0.15) is 0 Å². The molecule has 0 aliphatic heterocycles. The molecule has 4 heteroatoms. The van der Waals surface area contributed by atoms with Gasteiger partial charge in [-0.3, -0.25) is 0 Å². The number of hydrogen-bond acceptors (Lipinski definition) is 1. The van der Waals surface area contributed by atoms with Crippen LogP contribution >= 0.6 is 0 Å². The van der Waals surface area contributed by atoms with Crippen LogP contribution in [0.15, 0.2) is 162 Å². The molecule has 11 aromatic rings. The molecule has 0 N–H and O–H groups in total. The number of allylic oxidation sites excluding steroid dienone is 1. The van der Waals surface area contributed by atoms with Gasteiger partial charge in [-0.15, -0.1) is 0 Å². The van der Waals surface area contributed by atoms with Gasteiger partial charge < -0.3 is 18.1 Å². The van der Waals surface area contributed by atoms with E-state index in [9.17, 15) is 0 Å². The standard InChI is InChI=1S/C48H31N3O/c1-3-13-30(14-4-1)49-39-20-10-7-17-33(39)38-29-32(23-26-42(38)49)51-41-22-12-9-19-37(41)46-44(51)28-25-35-34-24-27-43-45(47(34)52-48(35)46)36-18-8-11-21-40(36)50(43)31-15-5-2-6-16-31/h1-10,12-20,22-29H,11,21H2. The Bertz CT molecular complexity index is 3280. The third-order valence-electron chi connectivity index (χ3n) is 11.3. The number of benzene rings is 7. The van der Waals surface area contributed by atoms with E-state index in [0.29, 0.717) is 0 Å². The first-order valence-corrected chi connectivity index (χ1v) is 18.1. The Morgan fingerprint density at radius 1 is 0.404 bits per heavy atom. The molecular formula is C48H31N3O. The maximum absolute atomic E-state index is 7.17. The number of hydrogen-bond donors (Lipinski definition) is 0. The number of nitrogens with zero attached hydrogens (tertiary/aromatic N) is 3. The van der Waals surface area contributed by atoms with Crippen molar-refractivity contribution in [3.8, 4) is 17.1 Å². The van der Waals surface area contributed by atoms with Gasteiger partial charge in [0.15, 0.2) is 0 Å². The topological polar surface area (TPSA) is 27.9 Å². The summed E-state index contributed by atoms with van der Waals surface area (Å²) in [5, 5.41) is 8.31. The molecule has 0 amide bonds. The zero-order valence-electron chi connectivity index (χ0n) is 28.3. The fourth-order valence-electron chi connectivity index (χ4n) is 9.15. The van der Waals surface area contributed by atoms with Crippen molar-refractivity contribution < 1.29 is 4.42 Å². The Kier molecular flexibility index (Phi) is 5.58. The minimum Gasteiger partial charge on any atom is -0.455 e. The summed E-state index contributed by atoms with van der Waals surface area (Å²) < 4.78 is 14.4. The Morgan fingerprint density at radius 3 is 1.71 bits per heavy atom. The highest BCUT2D eigenvalue weighted by molar-refractivity contribution is 6.26. The minimum atomic E-state index is 0.942. The minimum absolute atomic E-state index is 0.942. The molecule has 0 spiro atoms. The predicted molar refractivity (Wildman–Crippen MR) is 217 cm³/mol. The van der Waals surface area contributed by atoms with Gasteiger partial charge in [-0.1, -0.05) is 84.9 Å². The van der Waals surface area contributed by atoms with E-state index in [-0.39, 0.29) is 0 Å². The highest BCUT2D eigenvalue weighted by Crippen LogP contribution is 2.45. The second-order valence-corrected chi connectivity index (χ2v) is 14.0. The van der Waals surface area contributed by atoms with Gasteiger partial charge in [-0.25, -0.2) is 0 Å². The molecular weight excluding hydrogens is 635 g/mol. The summed E-state index contributed by atoms with van der Waals surface area (Å²) in [6.07, 6.45) is 6.65. The van der Waals surface area contributed by atoms with Crippen molar-refractivity contribution in [1.29, 1.82) is 0 Å². The molecule has 4 heterocycles. The van der Waals surface area contributed by atoms with Crippen molar-refractivity contribution in [2.24, 2.45) is 0 Å². The molecule has 4 nitrogen and oxygen atoms in total. The van der Waals surface area contributed by atoms with Crippen LogP contribution in [-0.2, 0) is 6.42 Å². The van der Waals surface area contributed by atoms with Crippen LogP contribution in [0, 0.1) is 0 Å². The molecule has 0 radical (unpaired) electrons. The number of furan rings is 1. The van der Waals surface area contributed by atoms with Crippen molar-refractivity contribution in [1.82, 2.24) is 13.7 Å². The largest absolute Gasteiger partial charge is 0.455 e. The quantitative estimate of drug-likeness (QED) is 0.185. The van der Waals surface area contributed by atoms with Crippen molar-refractivity contribution >= 4 is 82.5 Å². The van der Waals surface area contributed by atoms with Gasteiger partial charge in [-0.05, 0) is 91.7 Å². The van der Waals surface area contributed by atoms with Gasteiger partial charge in [0, 0.05) is 55.3 Å². The van der Waals surface area contributed by atoms with Crippen LogP contribution in [0.25, 0.3) is 99.6 Å². The average Bonchev–Trinajstić information content (AvgIpc) is 3.94. The highest BCUT2D eigenvalue weighted by Gasteiger charge is 2.25. The predicted octanol–water partition coefficient (Wildman–Crippen LogP) is 12.7. The van der Waals surface area contributed by atoms with Gasteiger partial charge in [0.1, 0.15) is 11.2 Å². The summed E-state index contributed by atoms with van der Waals surface area (Å²) >= 11 is 0. The Balaban J connectivity index is 1.15. The summed E-state index contributed by atoms with van der Waals surface area (Å²) in [6, 6.07) is 54.9. The van der Waals surface area contributed by atoms with Gasteiger partial charge >= 0.3 is 0 Å². The Labute approximate surface area is 298 Å². The molecule has 7 aromatic carbocycles. The zero-order chi connectivity index (χ0) is 33.9. The molecule has 0 saturated carbocycles. The maximum atomic E-state index is 7.17. The molecule has 4 aromatic heterocycles. The molecule has 0 saturated heterocycles. The number of aromatic nitrogens is 3. The fraction of sp³-hybridized carbons (Fsp3) is 0.0417. The molecule has 244 valence electrons. The van der Waals surface area contributed by atoms with Crippen LogP contribution in [0.4, 0.5) is 0 Å². The third kappa shape index (κ3) is 3.65. The lowest BCUT2D eigenvalue weighted by molar-refractivity contribution is 0.676.